The molecule has 1 aromatic carbocycles. The topological polar surface area (TPSA) is 79.0 Å². The maximum atomic E-state index is 14.9. The molecule has 1 unspecified atom stereocenters. The normalized spacial score (nSPS) is 27.0. The molecule has 3 aliphatic heterocycles. The maximum Gasteiger partial charge on any atom is 0.414 e. The smallest absolute Gasteiger partial charge is 0.414 e. The molecule has 3 heterocycles. The fraction of sp³-hybridized carbons (Fsp3) is 0.600. The zero-order valence-corrected chi connectivity index (χ0v) is 17.6. The first-order valence-electron chi connectivity index (χ1n) is 10.1. The van der Waals surface area contributed by atoms with Crippen LogP contribution in [0, 0.1) is 23.5 Å². The molecular formula is C20H25F2N3O4S. The number of hydrogen-bond donors (Lipinski definition) is 1. The fourth-order valence-corrected chi connectivity index (χ4v) is 5.80. The van der Waals surface area contributed by atoms with Gasteiger partial charge >= 0.3 is 6.09 Å². The van der Waals surface area contributed by atoms with Crippen molar-refractivity contribution in [3.63, 3.8) is 0 Å². The highest BCUT2D eigenvalue weighted by molar-refractivity contribution is 7.86. The van der Waals surface area contributed by atoms with E-state index in [2.05, 4.69) is 5.32 Å². The van der Waals surface area contributed by atoms with Gasteiger partial charge in [0.15, 0.2) is 11.6 Å². The molecule has 1 aromatic rings. The van der Waals surface area contributed by atoms with E-state index in [4.69, 9.17) is 4.74 Å². The van der Waals surface area contributed by atoms with Crippen LogP contribution in [-0.2, 0) is 20.3 Å². The monoisotopic (exact) mass is 441 g/mol. The first-order chi connectivity index (χ1) is 14.3. The lowest BCUT2D eigenvalue weighted by Gasteiger charge is -2.40. The predicted molar refractivity (Wildman–Crippen MR) is 109 cm³/mol. The molecule has 4 rings (SSSR count). The number of benzene rings is 1. The van der Waals surface area contributed by atoms with Gasteiger partial charge in [-0.3, -0.25) is 13.9 Å². The molecule has 3 saturated heterocycles. The lowest BCUT2D eigenvalue weighted by Crippen LogP contribution is -2.43. The van der Waals surface area contributed by atoms with Crippen LogP contribution in [0.3, 0.4) is 0 Å². The van der Waals surface area contributed by atoms with Crippen molar-refractivity contribution in [3.05, 3.63) is 23.8 Å². The van der Waals surface area contributed by atoms with Crippen LogP contribution in [0.25, 0.3) is 0 Å². The van der Waals surface area contributed by atoms with E-state index in [1.54, 1.807) is 4.90 Å². The summed E-state index contributed by atoms with van der Waals surface area (Å²) in [4.78, 5) is 26.0. The molecule has 0 bridgehead atoms. The average molecular weight is 442 g/mol. The minimum atomic E-state index is -0.716. The van der Waals surface area contributed by atoms with Gasteiger partial charge in [-0.05, 0) is 24.7 Å². The second kappa shape index (κ2) is 8.49. The molecule has 10 heteroatoms. The van der Waals surface area contributed by atoms with Crippen molar-refractivity contribution in [2.24, 2.45) is 11.8 Å². The number of hydrogen-bond acceptors (Lipinski definition) is 5. The van der Waals surface area contributed by atoms with Crippen LogP contribution in [0.4, 0.5) is 25.0 Å². The van der Waals surface area contributed by atoms with E-state index in [1.165, 1.54) is 11.8 Å². The fourth-order valence-electron chi connectivity index (χ4n) is 4.40. The summed E-state index contributed by atoms with van der Waals surface area (Å²) in [5.74, 6) is 0.743. The van der Waals surface area contributed by atoms with Gasteiger partial charge < -0.3 is 15.0 Å². The Balaban J connectivity index is 1.42. The minimum Gasteiger partial charge on any atom is -0.442 e. The molecule has 164 valence electrons. The number of cyclic esters (lactones) is 1. The Bertz CT molecular complexity index is 845. The van der Waals surface area contributed by atoms with E-state index < -0.39 is 34.6 Å². The van der Waals surface area contributed by atoms with Crippen LogP contribution in [-0.4, -0.2) is 60.0 Å². The zero-order chi connectivity index (χ0) is 21.4. The van der Waals surface area contributed by atoms with Gasteiger partial charge in [-0.15, -0.1) is 0 Å². The Kier molecular flexibility index (Phi) is 5.95. The Morgan fingerprint density at radius 1 is 1.20 bits per heavy atom. The summed E-state index contributed by atoms with van der Waals surface area (Å²) in [6.07, 6.45) is 0.375. The predicted octanol–water partition coefficient (Wildman–Crippen LogP) is 2.02. The standard InChI is InChI=1S/C20H25F2N3O4S/c1-12(26)23-8-16-9-25(20(27)29-16)15-6-17(21)19(18(22)7-15)24-4-2-13(3-5-24)14-10-30(28)11-14/h6-7,13-14,16H,2-5,8-11H2,1H3,(H,23,26). The van der Waals surface area contributed by atoms with E-state index >= 15 is 0 Å². The van der Waals surface area contributed by atoms with E-state index in [-0.39, 0.29) is 30.4 Å². The number of piperidine rings is 1. The highest BCUT2D eigenvalue weighted by atomic mass is 32.2. The number of anilines is 2. The van der Waals surface area contributed by atoms with Crippen LogP contribution in [0.2, 0.25) is 0 Å². The molecule has 0 aliphatic carbocycles. The van der Waals surface area contributed by atoms with Crippen molar-refractivity contribution in [3.8, 4) is 0 Å². The first kappa shape index (κ1) is 21.0. The summed E-state index contributed by atoms with van der Waals surface area (Å²) < 4.78 is 46.2. The third-order valence-electron chi connectivity index (χ3n) is 6.09. The van der Waals surface area contributed by atoms with Gasteiger partial charge in [0.25, 0.3) is 0 Å². The van der Waals surface area contributed by atoms with Crippen LogP contribution in [0.15, 0.2) is 12.1 Å². The Hall–Kier alpha value is -2.23. The zero-order valence-electron chi connectivity index (χ0n) is 16.7. The quantitative estimate of drug-likeness (QED) is 0.757. The van der Waals surface area contributed by atoms with Gasteiger partial charge in [0, 0.05) is 54.5 Å². The highest BCUT2D eigenvalue weighted by Crippen LogP contribution is 2.36. The minimum absolute atomic E-state index is 0.0725. The Morgan fingerprint density at radius 3 is 2.40 bits per heavy atom. The van der Waals surface area contributed by atoms with E-state index in [1.807, 2.05) is 0 Å². The van der Waals surface area contributed by atoms with Crippen molar-refractivity contribution in [2.75, 3.05) is 47.5 Å². The number of carbonyl (C=O) groups is 2. The summed E-state index contributed by atoms with van der Waals surface area (Å²) in [6.45, 7) is 2.70. The summed E-state index contributed by atoms with van der Waals surface area (Å²) >= 11 is 0. The van der Waals surface area contributed by atoms with Crippen LogP contribution in [0.5, 0.6) is 0 Å². The summed E-state index contributed by atoms with van der Waals surface area (Å²) in [5, 5.41) is 2.56. The van der Waals surface area contributed by atoms with Gasteiger partial charge in [0.2, 0.25) is 5.91 Å². The van der Waals surface area contributed by atoms with Gasteiger partial charge in [-0.25, -0.2) is 13.6 Å². The van der Waals surface area contributed by atoms with Crippen LogP contribution in [0.1, 0.15) is 19.8 Å². The number of rotatable bonds is 5. The van der Waals surface area contributed by atoms with E-state index in [0.29, 0.717) is 24.9 Å². The third-order valence-corrected chi connectivity index (χ3v) is 7.69. The molecule has 7 nitrogen and oxygen atoms in total. The molecule has 1 N–H and O–H groups in total. The summed E-state index contributed by atoms with van der Waals surface area (Å²) in [7, 11) is -0.686. The largest absolute Gasteiger partial charge is 0.442 e. The van der Waals surface area contributed by atoms with Gasteiger partial charge in [-0.1, -0.05) is 0 Å². The molecule has 0 saturated carbocycles. The van der Waals surface area contributed by atoms with Crippen molar-refractivity contribution < 1.29 is 27.3 Å². The number of nitrogens with zero attached hydrogens (tertiary/aromatic N) is 2. The number of carbonyl (C=O) groups excluding carboxylic acids is 2. The van der Waals surface area contributed by atoms with Crippen molar-refractivity contribution in [2.45, 2.75) is 25.9 Å². The van der Waals surface area contributed by atoms with Gasteiger partial charge in [-0.2, -0.15) is 0 Å². The molecule has 0 radical (unpaired) electrons. The average Bonchev–Trinajstić information content (AvgIpc) is 3.05. The number of ether oxygens (including phenoxy) is 1. The third kappa shape index (κ3) is 4.28. The first-order valence-corrected chi connectivity index (χ1v) is 11.6. The van der Waals surface area contributed by atoms with Crippen molar-refractivity contribution in [1.82, 2.24) is 5.32 Å². The Morgan fingerprint density at radius 2 is 1.83 bits per heavy atom. The lowest BCUT2D eigenvalue weighted by molar-refractivity contribution is -0.119. The molecule has 3 fully saturated rings. The highest BCUT2D eigenvalue weighted by Gasteiger charge is 2.36. The molecule has 1 atom stereocenters. The van der Waals surface area contributed by atoms with Crippen molar-refractivity contribution >= 4 is 34.2 Å². The Labute approximate surface area is 176 Å². The maximum absolute atomic E-state index is 14.9. The van der Waals surface area contributed by atoms with Crippen molar-refractivity contribution in [1.29, 1.82) is 0 Å². The molecular weight excluding hydrogens is 416 g/mol. The molecule has 3 aliphatic rings. The SMILES string of the molecule is CC(=O)NCC1CN(c2cc(F)c(N3CCC(C4CS(=O)C4)CC3)c(F)c2)C(=O)O1. The van der Waals surface area contributed by atoms with Gasteiger partial charge in [0.1, 0.15) is 11.8 Å². The van der Waals surface area contributed by atoms with Crippen LogP contribution >= 0.6 is 0 Å². The number of amides is 2. The molecule has 0 spiro atoms. The van der Waals surface area contributed by atoms with E-state index in [0.717, 1.165) is 36.5 Å². The molecule has 2 amide bonds. The molecule has 0 aromatic heterocycles. The summed E-state index contributed by atoms with van der Waals surface area (Å²) in [5.41, 5.74) is 0.0210. The lowest BCUT2D eigenvalue weighted by atomic mass is 9.86. The number of halogens is 2. The van der Waals surface area contributed by atoms with E-state index in [9.17, 15) is 22.6 Å². The second-order valence-electron chi connectivity index (χ2n) is 8.17. The second-order valence-corrected chi connectivity index (χ2v) is 9.72. The molecule has 30 heavy (non-hydrogen) atoms. The summed E-state index contributed by atoms with van der Waals surface area (Å²) in [6, 6.07) is 2.31. The number of nitrogens with one attached hydrogen (secondary N) is 1. The van der Waals surface area contributed by atoms with Crippen LogP contribution < -0.4 is 15.1 Å². The van der Waals surface area contributed by atoms with Gasteiger partial charge in [0.05, 0.1) is 18.8 Å².